The molecule has 5 heteroatoms. The molecule has 0 saturated heterocycles. The number of anilines is 3. The van der Waals surface area contributed by atoms with Crippen molar-refractivity contribution in [1.29, 1.82) is 0 Å². The van der Waals surface area contributed by atoms with Gasteiger partial charge in [-0.3, -0.25) is 4.98 Å². The minimum Gasteiger partial charge on any atom is -0.352 e. The van der Waals surface area contributed by atoms with Gasteiger partial charge < -0.3 is 10.6 Å². The number of benzene rings is 1. The lowest BCUT2D eigenvalue weighted by molar-refractivity contribution is 0.875. The maximum atomic E-state index is 4.58. The summed E-state index contributed by atoms with van der Waals surface area (Å²) in [5.41, 5.74) is 3.79. The summed E-state index contributed by atoms with van der Waals surface area (Å²) in [4.78, 5) is 13.5. The van der Waals surface area contributed by atoms with Gasteiger partial charge in [-0.2, -0.15) is 4.98 Å². The van der Waals surface area contributed by atoms with Gasteiger partial charge in [0.05, 0.1) is 11.4 Å². The van der Waals surface area contributed by atoms with E-state index in [1.54, 1.807) is 6.20 Å². The fourth-order valence-corrected chi connectivity index (χ4v) is 2.33. The number of nitrogens with one attached hydrogen (secondary N) is 2. The van der Waals surface area contributed by atoms with Gasteiger partial charge >= 0.3 is 0 Å². The number of para-hydroxylation sites is 1. The van der Waals surface area contributed by atoms with Crippen molar-refractivity contribution in [3.05, 3.63) is 60.3 Å². The average Bonchev–Trinajstić information content (AvgIpc) is 2.57. The molecule has 0 radical (unpaired) electrons. The largest absolute Gasteiger partial charge is 0.352 e. The molecule has 0 spiro atoms. The molecule has 0 atom stereocenters. The molecule has 0 bridgehead atoms. The molecular weight excluding hydrogens is 298 g/mol. The molecule has 1 aromatic carbocycles. The zero-order chi connectivity index (χ0) is 16.9. The SMILES string of the molecule is Cc1ccccc1Nc1cc(-c2ccccn2)nc(NC(C)C)n1. The molecule has 2 N–H and O–H groups in total. The molecule has 0 aliphatic rings. The van der Waals surface area contributed by atoms with Crippen molar-refractivity contribution in [3.8, 4) is 11.4 Å². The molecule has 5 nitrogen and oxygen atoms in total. The van der Waals surface area contributed by atoms with Gasteiger partial charge in [-0.05, 0) is 44.5 Å². The van der Waals surface area contributed by atoms with Crippen LogP contribution in [0.2, 0.25) is 0 Å². The fourth-order valence-electron chi connectivity index (χ4n) is 2.33. The molecule has 122 valence electrons. The number of rotatable bonds is 5. The summed E-state index contributed by atoms with van der Waals surface area (Å²) in [6.07, 6.45) is 1.77. The van der Waals surface area contributed by atoms with Crippen molar-refractivity contribution in [2.75, 3.05) is 10.6 Å². The zero-order valence-corrected chi connectivity index (χ0v) is 14.1. The monoisotopic (exact) mass is 319 g/mol. The molecule has 0 aliphatic carbocycles. The lowest BCUT2D eigenvalue weighted by Crippen LogP contribution is -2.13. The predicted octanol–water partition coefficient (Wildman–Crippen LogP) is 4.41. The van der Waals surface area contributed by atoms with Gasteiger partial charge in [0.15, 0.2) is 0 Å². The first kappa shape index (κ1) is 15.9. The Morgan fingerprint density at radius 1 is 0.917 bits per heavy atom. The molecule has 2 heterocycles. The molecule has 24 heavy (non-hydrogen) atoms. The third-order valence-electron chi connectivity index (χ3n) is 3.48. The maximum Gasteiger partial charge on any atom is 0.225 e. The van der Waals surface area contributed by atoms with Gasteiger partial charge in [0.2, 0.25) is 5.95 Å². The molecule has 0 aliphatic heterocycles. The Bertz CT molecular complexity index is 815. The third kappa shape index (κ3) is 3.87. The van der Waals surface area contributed by atoms with Crippen LogP contribution in [0.1, 0.15) is 19.4 Å². The van der Waals surface area contributed by atoms with E-state index in [0.717, 1.165) is 28.5 Å². The van der Waals surface area contributed by atoms with E-state index in [0.29, 0.717) is 5.95 Å². The normalized spacial score (nSPS) is 10.7. The van der Waals surface area contributed by atoms with E-state index in [4.69, 9.17) is 0 Å². The second kappa shape index (κ2) is 7.08. The Balaban J connectivity index is 2.00. The van der Waals surface area contributed by atoms with Crippen LogP contribution >= 0.6 is 0 Å². The van der Waals surface area contributed by atoms with Crippen molar-refractivity contribution < 1.29 is 0 Å². The van der Waals surface area contributed by atoms with Gasteiger partial charge in [-0.25, -0.2) is 4.98 Å². The van der Waals surface area contributed by atoms with Gasteiger partial charge in [-0.15, -0.1) is 0 Å². The maximum absolute atomic E-state index is 4.58. The number of pyridine rings is 1. The van der Waals surface area contributed by atoms with E-state index in [2.05, 4.69) is 52.4 Å². The molecular formula is C19H21N5. The Morgan fingerprint density at radius 3 is 2.42 bits per heavy atom. The van der Waals surface area contributed by atoms with Crippen LogP contribution in [-0.4, -0.2) is 21.0 Å². The summed E-state index contributed by atoms with van der Waals surface area (Å²) < 4.78 is 0. The summed E-state index contributed by atoms with van der Waals surface area (Å²) in [7, 11) is 0. The highest BCUT2D eigenvalue weighted by atomic mass is 15.2. The lowest BCUT2D eigenvalue weighted by Gasteiger charge is -2.13. The first-order valence-electron chi connectivity index (χ1n) is 8.01. The number of aromatic nitrogens is 3. The second-order valence-electron chi connectivity index (χ2n) is 5.92. The van der Waals surface area contributed by atoms with E-state index in [1.165, 1.54) is 0 Å². The number of hydrogen-bond acceptors (Lipinski definition) is 5. The smallest absolute Gasteiger partial charge is 0.225 e. The Labute approximate surface area is 142 Å². The minimum absolute atomic E-state index is 0.246. The van der Waals surface area contributed by atoms with E-state index < -0.39 is 0 Å². The molecule has 2 aromatic heterocycles. The zero-order valence-electron chi connectivity index (χ0n) is 14.1. The van der Waals surface area contributed by atoms with E-state index in [1.807, 2.05) is 42.5 Å². The van der Waals surface area contributed by atoms with Gasteiger partial charge in [-0.1, -0.05) is 24.3 Å². The van der Waals surface area contributed by atoms with Crippen molar-refractivity contribution in [2.45, 2.75) is 26.8 Å². The Morgan fingerprint density at radius 2 is 1.71 bits per heavy atom. The predicted molar refractivity (Wildman–Crippen MR) is 98.5 cm³/mol. The third-order valence-corrected chi connectivity index (χ3v) is 3.48. The van der Waals surface area contributed by atoms with Crippen LogP contribution in [0.4, 0.5) is 17.5 Å². The first-order chi connectivity index (χ1) is 11.6. The number of aryl methyl sites for hydroxylation is 1. The summed E-state index contributed by atoms with van der Waals surface area (Å²) in [6.45, 7) is 6.19. The van der Waals surface area contributed by atoms with Crippen LogP contribution in [0.15, 0.2) is 54.7 Å². The quantitative estimate of drug-likeness (QED) is 0.729. The molecule has 3 rings (SSSR count). The summed E-state index contributed by atoms with van der Waals surface area (Å²) in [5.74, 6) is 1.33. The van der Waals surface area contributed by atoms with Crippen LogP contribution in [0.3, 0.4) is 0 Å². The standard InChI is InChI=1S/C19H21N5/c1-13(2)21-19-23-17(16-10-6-7-11-20-16)12-18(24-19)22-15-9-5-4-8-14(15)3/h4-13H,1-3H3,(H2,21,22,23,24). The van der Waals surface area contributed by atoms with Crippen molar-refractivity contribution >= 4 is 17.5 Å². The Kier molecular flexibility index (Phi) is 4.70. The summed E-state index contributed by atoms with van der Waals surface area (Å²) in [5, 5.41) is 6.64. The summed E-state index contributed by atoms with van der Waals surface area (Å²) >= 11 is 0. The molecule has 0 unspecified atom stereocenters. The topological polar surface area (TPSA) is 62.7 Å². The molecule has 3 aromatic rings. The lowest BCUT2D eigenvalue weighted by atomic mass is 10.2. The van der Waals surface area contributed by atoms with Gasteiger partial charge in [0.1, 0.15) is 5.82 Å². The van der Waals surface area contributed by atoms with Crippen molar-refractivity contribution in [2.24, 2.45) is 0 Å². The molecule has 0 saturated carbocycles. The number of hydrogen-bond donors (Lipinski definition) is 2. The highest BCUT2D eigenvalue weighted by Crippen LogP contribution is 2.24. The van der Waals surface area contributed by atoms with E-state index >= 15 is 0 Å². The van der Waals surface area contributed by atoms with Crippen LogP contribution in [0.5, 0.6) is 0 Å². The first-order valence-corrected chi connectivity index (χ1v) is 8.01. The molecule has 0 fully saturated rings. The van der Waals surface area contributed by atoms with Crippen LogP contribution < -0.4 is 10.6 Å². The summed E-state index contributed by atoms with van der Waals surface area (Å²) in [6, 6.07) is 16.1. The second-order valence-corrected chi connectivity index (χ2v) is 5.92. The highest BCUT2D eigenvalue weighted by Gasteiger charge is 2.09. The number of nitrogens with zero attached hydrogens (tertiary/aromatic N) is 3. The van der Waals surface area contributed by atoms with Crippen molar-refractivity contribution in [1.82, 2.24) is 15.0 Å². The van der Waals surface area contributed by atoms with Crippen LogP contribution in [0, 0.1) is 6.92 Å². The van der Waals surface area contributed by atoms with Gasteiger partial charge in [0.25, 0.3) is 0 Å². The van der Waals surface area contributed by atoms with E-state index in [-0.39, 0.29) is 6.04 Å². The Hall–Kier alpha value is -2.95. The van der Waals surface area contributed by atoms with Crippen LogP contribution in [-0.2, 0) is 0 Å². The average molecular weight is 319 g/mol. The van der Waals surface area contributed by atoms with Gasteiger partial charge in [0, 0.05) is 24.0 Å². The van der Waals surface area contributed by atoms with Crippen molar-refractivity contribution in [3.63, 3.8) is 0 Å². The van der Waals surface area contributed by atoms with Crippen LogP contribution in [0.25, 0.3) is 11.4 Å². The highest BCUT2D eigenvalue weighted by molar-refractivity contribution is 5.66. The molecule has 0 amide bonds. The van der Waals surface area contributed by atoms with E-state index in [9.17, 15) is 0 Å². The fraction of sp³-hybridized carbons (Fsp3) is 0.211. The minimum atomic E-state index is 0.246.